The molecule has 0 atom stereocenters. The van der Waals surface area contributed by atoms with Gasteiger partial charge in [-0.1, -0.05) is 23.7 Å². The van der Waals surface area contributed by atoms with Crippen LogP contribution in [0.3, 0.4) is 0 Å². The van der Waals surface area contributed by atoms with Gasteiger partial charge in [0, 0.05) is 10.6 Å². The van der Waals surface area contributed by atoms with E-state index in [1.54, 1.807) is 50.3 Å². The van der Waals surface area contributed by atoms with Crippen LogP contribution >= 0.6 is 23.8 Å². The van der Waals surface area contributed by atoms with Crippen molar-refractivity contribution in [2.75, 3.05) is 11.5 Å². The second-order valence-corrected chi connectivity index (χ2v) is 7.59. The molecular formula is C23H21ClN2O4S. The predicted octanol–water partition coefficient (Wildman–Crippen LogP) is 4.31. The highest BCUT2D eigenvalue weighted by Crippen LogP contribution is 2.34. The van der Waals surface area contributed by atoms with Gasteiger partial charge in [-0.25, -0.2) is 0 Å². The third kappa shape index (κ3) is 4.47. The summed E-state index contributed by atoms with van der Waals surface area (Å²) >= 11 is 11.5. The zero-order chi connectivity index (χ0) is 22.7. The van der Waals surface area contributed by atoms with Crippen molar-refractivity contribution in [1.82, 2.24) is 5.32 Å². The first kappa shape index (κ1) is 22.5. The fourth-order valence-electron chi connectivity index (χ4n) is 3.23. The minimum atomic E-state index is -0.609. The molecule has 0 bridgehead atoms. The lowest BCUT2D eigenvalue weighted by atomic mass is 10.0. The Kier molecular flexibility index (Phi) is 6.77. The van der Waals surface area contributed by atoms with Gasteiger partial charge in [0.25, 0.3) is 11.8 Å². The first-order chi connectivity index (χ1) is 14.8. The number of carbonyl (C=O) groups is 2. The molecular weight excluding hydrogens is 436 g/mol. The van der Waals surface area contributed by atoms with Gasteiger partial charge in [-0.2, -0.15) is 0 Å². The summed E-state index contributed by atoms with van der Waals surface area (Å²) in [4.78, 5) is 27.1. The van der Waals surface area contributed by atoms with Gasteiger partial charge in [0.05, 0.1) is 12.3 Å². The van der Waals surface area contributed by atoms with Crippen LogP contribution in [0, 0.1) is 6.92 Å². The lowest BCUT2D eigenvalue weighted by Gasteiger charge is -2.30. The summed E-state index contributed by atoms with van der Waals surface area (Å²) in [6.45, 7) is 7.60. The molecule has 0 aliphatic carbocycles. The van der Waals surface area contributed by atoms with E-state index in [-0.39, 0.29) is 22.2 Å². The Morgan fingerprint density at radius 2 is 2.06 bits per heavy atom. The number of amides is 2. The topological polar surface area (TPSA) is 78.9 Å². The van der Waals surface area contributed by atoms with E-state index in [1.807, 2.05) is 0 Å². The summed E-state index contributed by atoms with van der Waals surface area (Å²) in [5.41, 5.74) is 2.13. The number of rotatable bonds is 6. The summed E-state index contributed by atoms with van der Waals surface area (Å²) in [5, 5.41) is 13.4. The van der Waals surface area contributed by atoms with Crippen LogP contribution in [0.2, 0.25) is 5.02 Å². The summed E-state index contributed by atoms with van der Waals surface area (Å²) in [6.07, 6.45) is 3.48. The Hall–Kier alpha value is -3.16. The Balaban J connectivity index is 2.10. The number of hydrogen-bond acceptors (Lipinski definition) is 5. The highest BCUT2D eigenvalue weighted by molar-refractivity contribution is 7.80. The summed E-state index contributed by atoms with van der Waals surface area (Å²) in [6, 6.07) is 8.36. The molecule has 0 unspecified atom stereocenters. The SMILES string of the molecule is C=CCc1cc(/C=C2\C(=O)NC(=S)N(c3cccc(Cl)c3C)C2=O)cc(OCC)c1O. The molecule has 0 saturated carbocycles. The molecule has 2 aromatic rings. The second kappa shape index (κ2) is 9.32. The number of ether oxygens (including phenoxy) is 1. The second-order valence-electron chi connectivity index (χ2n) is 6.79. The molecule has 1 fully saturated rings. The Bertz CT molecular complexity index is 1130. The molecule has 0 radical (unpaired) electrons. The molecule has 160 valence electrons. The molecule has 0 aromatic heterocycles. The standard InChI is InChI=1S/C23H21ClN2O4S/c1-4-7-15-10-14(12-19(20(15)27)30-5-2)11-16-21(28)25-23(31)26(22(16)29)18-9-6-8-17(24)13(18)3/h4,6,8-12,27H,1,5,7H2,2-3H3,(H,25,28,31)/b16-11+. The third-order valence-electron chi connectivity index (χ3n) is 4.73. The molecule has 3 rings (SSSR count). The van der Waals surface area contributed by atoms with E-state index in [4.69, 9.17) is 28.6 Å². The van der Waals surface area contributed by atoms with Gasteiger partial charge in [0.1, 0.15) is 5.57 Å². The minimum absolute atomic E-state index is 0.000628. The number of nitrogens with one attached hydrogen (secondary N) is 1. The number of halogens is 1. The molecule has 6 nitrogen and oxygen atoms in total. The highest BCUT2D eigenvalue weighted by atomic mass is 35.5. The summed E-state index contributed by atoms with van der Waals surface area (Å²) in [5.74, 6) is -0.922. The van der Waals surface area contributed by atoms with Crippen LogP contribution in [-0.2, 0) is 16.0 Å². The van der Waals surface area contributed by atoms with E-state index >= 15 is 0 Å². The number of benzene rings is 2. The van der Waals surface area contributed by atoms with Gasteiger partial charge in [0.15, 0.2) is 16.6 Å². The van der Waals surface area contributed by atoms with Crippen LogP contribution in [0.15, 0.2) is 48.6 Å². The Labute approximate surface area is 190 Å². The van der Waals surface area contributed by atoms with E-state index in [0.717, 1.165) is 0 Å². The lowest BCUT2D eigenvalue weighted by Crippen LogP contribution is -2.54. The number of nitrogens with zero attached hydrogens (tertiary/aromatic N) is 1. The first-order valence-corrected chi connectivity index (χ1v) is 10.3. The number of hydrogen-bond donors (Lipinski definition) is 2. The number of aromatic hydroxyl groups is 1. The largest absolute Gasteiger partial charge is 0.504 e. The maximum absolute atomic E-state index is 13.3. The Morgan fingerprint density at radius 1 is 1.32 bits per heavy atom. The van der Waals surface area contributed by atoms with Crippen molar-refractivity contribution in [3.05, 3.63) is 70.3 Å². The van der Waals surface area contributed by atoms with Crippen molar-refractivity contribution in [3.63, 3.8) is 0 Å². The van der Waals surface area contributed by atoms with Crippen molar-refractivity contribution in [2.45, 2.75) is 20.3 Å². The molecule has 2 aromatic carbocycles. The third-order valence-corrected chi connectivity index (χ3v) is 5.43. The smallest absolute Gasteiger partial charge is 0.270 e. The molecule has 1 aliphatic heterocycles. The van der Waals surface area contributed by atoms with Crippen LogP contribution in [0.5, 0.6) is 11.5 Å². The minimum Gasteiger partial charge on any atom is -0.504 e. The Morgan fingerprint density at radius 3 is 2.74 bits per heavy atom. The molecule has 1 heterocycles. The molecule has 2 N–H and O–H groups in total. The quantitative estimate of drug-likeness (QED) is 0.293. The van der Waals surface area contributed by atoms with Crippen LogP contribution in [0.1, 0.15) is 23.6 Å². The average Bonchev–Trinajstić information content (AvgIpc) is 2.72. The van der Waals surface area contributed by atoms with E-state index < -0.39 is 11.8 Å². The maximum atomic E-state index is 13.3. The molecule has 1 aliphatic rings. The fourth-order valence-corrected chi connectivity index (χ4v) is 3.67. The van der Waals surface area contributed by atoms with E-state index in [0.29, 0.717) is 40.4 Å². The maximum Gasteiger partial charge on any atom is 0.270 e. The number of phenolic OH excluding ortho intramolecular Hbond substituents is 1. The van der Waals surface area contributed by atoms with E-state index in [9.17, 15) is 14.7 Å². The van der Waals surface area contributed by atoms with Crippen molar-refractivity contribution >= 4 is 52.5 Å². The number of anilines is 1. The van der Waals surface area contributed by atoms with Gasteiger partial charge >= 0.3 is 0 Å². The molecule has 31 heavy (non-hydrogen) atoms. The average molecular weight is 457 g/mol. The number of allylic oxidation sites excluding steroid dienone is 1. The zero-order valence-corrected chi connectivity index (χ0v) is 18.6. The van der Waals surface area contributed by atoms with Crippen LogP contribution in [0.25, 0.3) is 6.08 Å². The van der Waals surface area contributed by atoms with Gasteiger partial charge < -0.3 is 9.84 Å². The van der Waals surface area contributed by atoms with Gasteiger partial charge in [-0.3, -0.25) is 19.8 Å². The molecule has 2 amide bonds. The molecule has 0 spiro atoms. The number of carbonyl (C=O) groups excluding carboxylic acids is 2. The summed E-state index contributed by atoms with van der Waals surface area (Å²) < 4.78 is 5.50. The van der Waals surface area contributed by atoms with Gasteiger partial charge in [0.2, 0.25) is 0 Å². The van der Waals surface area contributed by atoms with E-state index in [1.165, 1.54) is 11.0 Å². The fraction of sp³-hybridized carbons (Fsp3) is 0.174. The number of thiocarbonyl (C=S) groups is 1. The molecule has 8 heteroatoms. The highest BCUT2D eigenvalue weighted by Gasteiger charge is 2.35. The predicted molar refractivity (Wildman–Crippen MR) is 126 cm³/mol. The monoisotopic (exact) mass is 456 g/mol. The normalized spacial score (nSPS) is 15.3. The van der Waals surface area contributed by atoms with Crippen molar-refractivity contribution in [2.24, 2.45) is 0 Å². The van der Waals surface area contributed by atoms with E-state index in [2.05, 4.69) is 11.9 Å². The van der Waals surface area contributed by atoms with Gasteiger partial charge in [-0.05, 0) is 74.0 Å². The first-order valence-electron chi connectivity index (χ1n) is 9.54. The van der Waals surface area contributed by atoms with Crippen LogP contribution in [-0.4, -0.2) is 28.6 Å². The number of phenols is 1. The van der Waals surface area contributed by atoms with Crippen LogP contribution in [0.4, 0.5) is 5.69 Å². The zero-order valence-electron chi connectivity index (χ0n) is 17.1. The van der Waals surface area contributed by atoms with Crippen LogP contribution < -0.4 is 15.0 Å². The van der Waals surface area contributed by atoms with Crippen molar-refractivity contribution in [1.29, 1.82) is 0 Å². The van der Waals surface area contributed by atoms with Crippen molar-refractivity contribution in [3.8, 4) is 11.5 Å². The van der Waals surface area contributed by atoms with Gasteiger partial charge in [-0.15, -0.1) is 6.58 Å². The molecule has 1 saturated heterocycles. The summed E-state index contributed by atoms with van der Waals surface area (Å²) in [7, 11) is 0. The van der Waals surface area contributed by atoms with Crippen molar-refractivity contribution < 1.29 is 19.4 Å². The lowest BCUT2D eigenvalue weighted by molar-refractivity contribution is -0.122.